The summed E-state index contributed by atoms with van der Waals surface area (Å²) in [4.78, 5) is 9.16. The van der Waals surface area contributed by atoms with E-state index in [4.69, 9.17) is 5.73 Å². The number of nitrogens with two attached hydrogens (primary N) is 1. The number of anilines is 2. The highest BCUT2D eigenvalue weighted by Crippen LogP contribution is 2.29. The average molecular weight is 224 g/mol. The first-order valence-corrected chi connectivity index (χ1v) is 6.35. The van der Waals surface area contributed by atoms with E-state index < -0.39 is 0 Å². The van der Waals surface area contributed by atoms with Crippen molar-refractivity contribution in [3.63, 3.8) is 0 Å². The second-order valence-electron chi connectivity index (χ2n) is 4.31. The second kappa shape index (κ2) is 3.64. The van der Waals surface area contributed by atoms with Crippen molar-refractivity contribution in [1.29, 1.82) is 0 Å². The number of nitrogen functional groups attached to an aromatic ring is 1. The lowest BCUT2D eigenvalue weighted by atomic mass is 10.2. The van der Waals surface area contributed by atoms with Gasteiger partial charge in [-0.3, -0.25) is 4.90 Å². The van der Waals surface area contributed by atoms with Gasteiger partial charge >= 0.3 is 0 Å². The van der Waals surface area contributed by atoms with Gasteiger partial charge < -0.3 is 10.6 Å². The van der Waals surface area contributed by atoms with Gasteiger partial charge in [0.15, 0.2) is 5.13 Å². The van der Waals surface area contributed by atoms with Crippen LogP contribution in [0, 0.1) is 0 Å². The van der Waals surface area contributed by atoms with Crippen LogP contribution >= 0.6 is 11.3 Å². The largest absolute Gasteiger partial charge is 0.375 e. The van der Waals surface area contributed by atoms with Crippen LogP contribution in [-0.4, -0.2) is 42.1 Å². The van der Waals surface area contributed by atoms with E-state index in [0.29, 0.717) is 5.13 Å². The molecule has 3 rings (SSSR count). The van der Waals surface area contributed by atoms with Gasteiger partial charge in [-0.25, -0.2) is 4.98 Å². The monoisotopic (exact) mass is 224 g/mol. The van der Waals surface area contributed by atoms with Crippen molar-refractivity contribution in [1.82, 2.24) is 9.88 Å². The van der Waals surface area contributed by atoms with E-state index in [1.807, 2.05) is 6.20 Å². The van der Waals surface area contributed by atoms with Gasteiger partial charge in [-0.05, 0) is 19.4 Å². The molecule has 0 amide bonds. The van der Waals surface area contributed by atoms with Crippen LogP contribution in [0.4, 0.5) is 10.1 Å². The van der Waals surface area contributed by atoms with Gasteiger partial charge in [-0.1, -0.05) is 11.3 Å². The maximum Gasteiger partial charge on any atom is 0.181 e. The molecule has 2 fully saturated rings. The molecule has 1 aromatic rings. The molecule has 0 spiro atoms. The molecule has 0 bridgehead atoms. The Balaban J connectivity index is 1.73. The topological polar surface area (TPSA) is 45.4 Å². The van der Waals surface area contributed by atoms with E-state index in [9.17, 15) is 0 Å². The number of rotatable bonds is 1. The van der Waals surface area contributed by atoms with E-state index >= 15 is 0 Å². The van der Waals surface area contributed by atoms with Crippen molar-refractivity contribution in [2.45, 2.75) is 18.9 Å². The first-order valence-electron chi connectivity index (χ1n) is 5.53. The summed E-state index contributed by atoms with van der Waals surface area (Å²) in [7, 11) is 0. The Kier molecular flexibility index (Phi) is 2.29. The zero-order valence-corrected chi connectivity index (χ0v) is 9.54. The lowest BCUT2D eigenvalue weighted by Gasteiger charge is -2.37. The fraction of sp³-hybridized carbons (Fsp3) is 0.700. The maximum atomic E-state index is 5.66. The number of piperazine rings is 1. The van der Waals surface area contributed by atoms with Crippen LogP contribution in [0.25, 0.3) is 0 Å². The molecule has 1 atom stereocenters. The number of hydrogen-bond acceptors (Lipinski definition) is 5. The molecule has 2 aliphatic rings. The third kappa shape index (κ3) is 1.70. The van der Waals surface area contributed by atoms with Gasteiger partial charge in [-0.2, -0.15) is 0 Å². The molecule has 3 heterocycles. The molecule has 4 nitrogen and oxygen atoms in total. The Morgan fingerprint density at radius 1 is 1.40 bits per heavy atom. The van der Waals surface area contributed by atoms with E-state index in [0.717, 1.165) is 19.1 Å². The van der Waals surface area contributed by atoms with Crippen molar-refractivity contribution in [2.75, 3.05) is 36.8 Å². The first-order chi connectivity index (χ1) is 7.33. The Bertz CT molecular complexity index is 351. The molecule has 5 heteroatoms. The third-order valence-corrected chi connectivity index (χ3v) is 4.30. The number of hydrogen-bond donors (Lipinski definition) is 1. The summed E-state index contributed by atoms with van der Waals surface area (Å²) in [5, 5.41) is 1.91. The number of fused-ring (bicyclic) bond motifs is 1. The Morgan fingerprint density at radius 2 is 2.33 bits per heavy atom. The fourth-order valence-electron chi connectivity index (χ4n) is 2.62. The Morgan fingerprint density at radius 3 is 3.13 bits per heavy atom. The standard InChI is InChI=1S/C10H16N4S/c11-10-12-6-9(15-10)14-5-4-13-3-1-2-8(13)7-14/h6,8H,1-5,7H2,(H2,11,12)/t8-/m0/s1. The van der Waals surface area contributed by atoms with Gasteiger partial charge in [-0.15, -0.1) is 0 Å². The van der Waals surface area contributed by atoms with Crippen LogP contribution < -0.4 is 10.6 Å². The van der Waals surface area contributed by atoms with Crippen molar-refractivity contribution >= 4 is 21.5 Å². The van der Waals surface area contributed by atoms with E-state index in [-0.39, 0.29) is 0 Å². The zero-order chi connectivity index (χ0) is 10.3. The molecule has 0 unspecified atom stereocenters. The van der Waals surface area contributed by atoms with E-state index in [1.54, 1.807) is 11.3 Å². The van der Waals surface area contributed by atoms with E-state index in [1.165, 1.54) is 30.9 Å². The average Bonchev–Trinajstić information content (AvgIpc) is 2.84. The van der Waals surface area contributed by atoms with Crippen LogP contribution in [0.5, 0.6) is 0 Å². The lowest BCUT2D eigenvalue weighted by molar-refractivity contribution is 0.231. The predicted octanol–water partition coefficient (Wildman–Crippen LogP) is 1.01. The molecule has 82 valence electrons. The number of aromatic nitrogens is 1. The molecule has 0 aromatic carbocycles. The van der Waals surface area contributed by atoms with Crippen LogP contribution in [0.2, 0.25) is 0 Å². The summed E-state index contributed by atoms with van der Waals surface area (Å²) in [5.41, 5.74) is 5.66. The molecule has 2 N–H and O–H groups in total. The zero-order valence-electron chi connectivity index (χ0n) is 8.72. The van der Waals surface area contributed by atoms with Gasteiger partial charge in [0.25, 0.3) is 0 Å². The molecule has 1 aromatic heterocycles. The summed E-state index contributed by atoms with van der Waals surface area (Å²) < 4.78 is 0. The molecule has 2 saturated heterocycles. The molecular formula is C10H16N4S. The number of thiazole rings is 1. The summed E-state index contributed by atoms with van der Waals surface area (Å²) >= 11 is 1.60. The minimum Gasteiger partial charge on any atom is -0.375 e. The van der Waals surface area contributed by atoms with Crippen LogP contribution in [0.3, 0.4) is 0 Å². The van der Waals surface area contributed by atoms with Crippen molar-refractivity contribution in [2.24, 2.45) is 0 Å². The van der Waals surface area contributed by atoms with Crippen LogP contribution in [0.1, 0.15) is 12.8 Å². The summed E-state index contributed by atoms with van der Waals surface area (Å²) in [5.74, 6) is 0. The Labute approximate surface area is 93.7 Å². The highest BCUT2D eigenvalue weighted by Gasteiger charge is 2.30. The highest BCUT2D eigenvalue weighted by atomic mass is 32.1. The minimum atomic E-state index is 0.679. The quantitative estimate of drug-likeness (QED) is 0.773. The molecular weight excluding hydrogens is 208 g/mol. The van der Waals surface area contributed by atoms with Crippen molar-refractivity contribution in [3.05, 3.63) is 6.20 Å². The molecule has 0 radical (unpaired) electrons. The fourth-order valence-corrected chi connectivity index (χ4v) is 3.34. The van der Waals surface area contributed by atoms with Crippen LogP contribution in [-0.2, 0) is 0 Å². The number of nitrogens with zero attached hydrogens (tertiary/aromatic N) is 3. The van der Waals surface area contributed by atoms with Gasteiger partial charge in [0.2, 0.25) is 0 Å². The second-order valence-corrected chi connectivity index (χ2v) is 5.36. The first kappa shape index (κ1) is 9.42. The summed E-state index contributed by atoms with van der Waals surface area (Å²) in [6.45, 7) is 4.77. The maximum absolute atomic E-state index is 5.66. The molecule has 2 aliphatic heterocycles. The Hall–Kier alpha value is -0.810. The van der Waals surface area contributed by atoms with Crippen molar-refractivity contribution in [3.8, 4) is 0 Å². The van der Waals surface area contributed by atoms with Crippen molar-refractivity contribution < 1.29 is 0 Å². The van der Waals surface area contributed by atoms with Gasteiger partial charge in [0.05, 0.1) is 6.20 Å². The third-order valence-electron chi connectivity index (χ3n) is 3.41. The molecule has 15 heavy (non-hydrogen) atoms. The minimum absolute atomic E-state index is 0.679. The van der Waals surface area contributed by atoms with Crippen LogP contribution in [0.15, 0.2) is 6.20 Å². The van der Waals surface area contributed by atoms with Gasteiger partial charge in [0.1, 0.15) is 5.00 Å². The molecule has 0 aliphatic carbocycles. The smallest absolute Gasteiger partial charge is 0.181 e. The SMILES string of the molecule is Nc1ncc(N2CCN3CCC[C@H]3C2)s1. The highest BCUT2D eigenvalue weighted by molar-refractivity contribution is 7.19. The normalized spacial score (nSPS) is 26.9. The predicted molar refractivity (Wildman–Crippen MR) is 63.3 cm³/mol. The summed E-state index contributed by atoms with van der Waals surface area (Å²) in [6.07, 6.45) is 4.62. The molecule has 0 saturated carbocycles. The lowest BCUT2D eigenvalue weighted by Crippen LogP contribution is -2.49. The van der Waals surface area contributed by atoms with E-state index in [2.05, 4.69) is 14.8 Å². The van der Waals surface area contributed by atoms with Gasteiger partial charge in [0, 0.05) is 25.7 Å². The summed E-state index contributed by atoms with van der Waals surface area (Å²) in [6, 6.07) is 0.766.